The Bertz CT molecular complexity index is 563. The van der Waals surface area contributed by atoms with Gasteiger partial charge in [-0.05, 0) is 26.8 Å². The molecular weight excluding hydrogens is 240 g/mol. The quantitative estimate of drug-likeness (QED) is 0.897. The molecule has 0 saturated carbocycles. The Morgan fingerprint density at radius 2 is 2.11 bits per heavy atom. The molecule has 2 rings (SSSR count). The lowest BCUT2D eigenvalue weighted by atomic mass is 10.2. The molecule has 0 aliphatic heterocycles. The molecule has 2 aromatic heterocycles. The fraction of sp³-hybridized carbons (Fsp3) is 0.429. The third kappa shape index (κ3) is 3.05. The van der Waals surface area contributed by atoms with Gasteiger partial charge in [0.1, 0.15) is 5.82 Å². The number of rotatable bonds is 5. The number of anilines is 1. The van der Waals surface area contributed by atoms with Gasteiger partial charge in [-0.2, -0.15) is 10.1 Å². The highest BCUT2D eigenvalue weighted by Crippen LogP contribution is 2.16. The van der Waals surface area contributed by atoms with Crippen LogP contribution in [0.4, 0.5) is 5.82 Å². The average molecular weight is 260 g/mol. The number of ether oxygens (including phenoxy) is 1. The van der Waals surface area contributed by atoms with Gasteiger partial charge in [0.05, 0.1) is 12.3 Å². The molecule has 0 amide bonds. The van der Waals surface area contributed by atoms with Crippen molar-refractivity contribution >= 4 is 5.82 Å². The molecule has 0 unspecified atom stereocenters. The molecule has 5 heteroatoms. The van der Waals surface area contributed by atoms with Crippen LogP contribution in [0.3, 0.4) is 0 Å². The maximum atomic E-state index is 5.38. The minimum atomic E-state index is 0.622. The van der Waals surface area contributed by atoms with Gasteiger partial charge in [-0.3, -0.25) is 4.68 Å². The Morgan fingerprint density at radius 1 is 1.32 bits per heavy atom. The van der Waals surface area contributed by atoms with Gasteiger partial charge < -0.3 is 10.1 Å². The van der Waals surface area contributed by atoms with Crippen molar-refractivity contribution in [2.24, 2.45) is 7.05 Å². The van der Waals surface area contributed by atoms with Crippen molar-refractivity contribution in [1.82, 2.24) is 14.8 Å². The molecule has 0 spiro atoms. The van der Waals surface area contributed by atoms with E-state index in [9.17, 15) is 0 Å². The lowest BCUT2D eigenvalue weighted by molar-refractivity contribution is 0.327. The van der Waals surface area contributed by atoms with Crippen LogP contribution in [-0.2, 0) is 13.6 Å². The highest BCUT2D eigenvalue weighted by atomic mass is 16.5. The Balaban J connectivity index is 2.08. The molecule has 0 radical (unpaired) electrons. The lowest BCUT2D eigenvalue weighted by Gasteiger charge is -2.08. The Hall–Kier alpha value is -2.04. The van der Waals surface area contributed by atoms with Crippen LogP contribution in [0.5, 0.6) is 5.88 Å². The van der Waals surface area contributed by atoms with E-state index >= 15 is 0 Å². The molecule has 19 heavy (non-hydrogen) atoms. The maximum Gasteiger partial charge on any atom is 0.215 e. The third-order valence-corrected chi connectivity index (χ3v) is 3.12. The summed E-state index contributed by atoms with van der Waals surface area (Å²) in [5.74, 6) is 1.46. The Labute approximate surface area is 113 Å². The summed E-state index contributed by atoms with van der Waals surface area (Å²) in [6.07, 6.45) is 0. The third-order valence-electron chi connectivity index (χ3n) is 3.12. The molecule has 0 aromatic carbocycles. The van der Waals surface area contributed by atoms with Gasteiger partial charge in [-0.15, -0.1) is 0 Å². The van der Waals surface area contributed by atoms with E-state index in [1.54, 1.807) is 0 Å². The standard InChI is InChI=1S/C14H20N4O/c1-5-19-14-8-6-7-13(16-14)15-9-12-10(2)17-18(4)11(12)3/h6-8H,5,9H2,1-4H3,(H,15,16). The fourth-order valence-electron chi connectivity index (χ4n) is 1.99. The Kier molecular flexibility index (Phi) is 4.04. The number of pyridine rings is 1. The van der Waals surface area contributed by atoms with Gasteiger partial charge in [0, 0.05) is 30.9 Å². The van der Waals surface area contributed by atoms with E-state index in [1.165, 1.54) is 11.3 Å². The first kappa shape index (κ1) is 13.4. The minimum absolute atomic E-state index is 0.622. The normalized spacial score (nSPS) is 10.5. The number of hydrogen-bond acceptors (Lipinski definition) is 4. The van der Waals surface area contributed by atoms with Crippen molar-refractivity contribution in [2.75, 3.05) is 11.9 Å². The monoisotopic (exact) mass is 260 g/mol. The topological polar surface area (TPSA) is 52.0 Å². The first-order chi connectivity index (χ1) is 9.11. The largest absolute Gasteiger partial charge is 0.478 e. The molecule has 2 heterocycles. The second kappa shape index (κ2) is 5.73. The van der Waals surface area contributed by atoms with Crippen molar-refractivity contribution in [1.29, 1.82) is 0 Å². The molecule has 5 nitrogen and oxygen atoms in total. The van der Waals surface area contributed by atoms with E-state index in [1.807, 2.05) is 43.8 Å². The zero-order valence-electron chi connectivity index (χ0n) is 11.9. The summed E-state index contributed by atoms with van der Waals surface area (Å²) in [6, 6.07) is 5.72. The van der Waals surface area contributed by atoms with Gasteiger partial charge in [0.25, 0.3) is 0 Å². The number of nitrogens with one attached hydrogen (secondary N) is 1. The number of nitrogens with zero attached hydrogens (tertiary/aromatic N) is 3. The summed E-state index contributed by atoms with van der Waals surface area (Å²) in [6.45, 7) is 7.38. The molecular formula is C14H20N4O. The maximum absolute atomic E-state index is 5.38. The smallest absolute Gasteiger partial charge is 0.215 e. The highest BCUT2D eigenvalue weighted by Gasteiger charge is 2.09. The number of hydrogen-bond donors (Lipinski definition) is 1. The first-order valence-electron chi connectivity index (χ1n) is 6.44. The van der Waals surface area contributed by atoms with Crippen molar-refractivity contribution in [3.63, 3.8) is 0 Å². The fourth-order valence-corrected chi connectivity index (χ4v) is 1.99. The summed E-state index contributed by atoms with van der Waals surface area (Å²) < 4.78 is 7.28. The lowest BCUT2D eigenvalue weighted by Crippen LogP contribution is -2.04. The van der Waals surface area contributed by atoms with Crippen LogP contribution in [0, 0.1) is 13.8 Å². The molecule has 1 N–H and O–H groups in total. The average Bonchev–Trinajstić information content (AvgIpc) is 2.62. The summed E-state index contributed by atoms with van der Waals surface area (Å²) in [4.78, 5) is 4.38. The first-order valence-corrected chi connectivity index (χ1v) is 6.44. The van der Waals surface area contributed by atoms with Gasteiger partial charge in [-0.25, -0.2) is 0 Å². The van der Waals surface area contributed by atoms with Crippen LogP contribution in [-0.4, -0.2) is 21.4 Å². The van der Waals surface area contributed by atoms with Crippen LogP contribution in [0.2, 0.25) is 0 Å². The number of aryl methyl sites for hydroxylation is 2. The summed E-state index contributed by atoms with van der Waals surface area (Å²) in [5, 5.41) is 7.71. The van der Waals surface area contributed by atoms with Crippen LogP contribution in [0.1, 0.15) is 23.9 Å². The van der Waals surface area contributed by atoms with Gasteiger partial charge in [0.2, 0.25) is 5.88 Å². The van der Waals surface area contributed by atoms with Crippen LogP contribution < -0.4 is 10.1 Å². The molecule has 2 aromatic rings. The highest BCUT2D eigenvalue weighted by molar-refractivity contribution is 5.39. The van der Waals surface area contributed by atoms with Crippen molar-refractivity contribution in [2.45, 2.75) is 27.3 Å². The van der Waals surface area contributed by atoms with Gasteiger partial charge >= 0.3 is 0 Å². The van der Waals surface area contributed by atoms with E-state index in [-0.39, 0.29) is 0 Å². The van der Waals surface area contributed by atoms with Gasteiger partial charge in [-0.1, -0.05) is 6.07 Å². The molecule has 0 atom stereocenters. The molecule has 0 aliphatic carbocycles. The molecule has 0 fully saturated rings. The molecule has 0 aliphatic rings. The minimum Gasteiger partial charge on any atom is -0.478 e. The predicted octanol–water partition coefficient (Wildman–Crippen LogP) is 2.44. The van der Waals surface area contributed by atoms with E-state index in [0.717, 1.165) is 11.5 Å². The van der Waals surface area contributed by atoms with E-state index < -0.39 is 0 Å². The SMILES string of the molecule is CCOc1cccc(NCc2c(C)nn(C)c2C)n1. The molecule has 102 valence electrons. The number of aromatic nitrogens is 3. The predicted molar refractivity (Wildman–Crippen MR) is 75.4 cm³/mol. The summed E-state index contributed by atoms with van der Waals surface area (Å²) in [5.41, 5.74) is 3.44. The summed E-state index contributed by atoms with van der Waals surface area (Å²) >= 11 is 0. The molecule has 0 bridgehead atoms. The molecule has 0 saturated heterocycles. The zero-order chi connectivity index (χ0) is 13.8. The Morgan fingerprint density at radius 3 is 2.74 bits per heavy atom. The van der Waals surface area contributed by atoms with Crippen LogP contribution >= 0.6 is 0 Å². The van der Waals surface area contributed by atoms with E-state index in [2.05, 4.69) is 22.3 Å². The van der Waals surface area contributed by atoms with E-state index in [4.69, 9.17) is 4.74 Å². The van der Waals surface area contributed by atoms with Crippen LogP contribution in [0.25, 0.3) is 0 Å². The van der Waals surface area contributed by atoms with Crippen LogP contribution in [0.15, 0.2) is 18.2 Å². The second-order valence-electron chi connectivity index (χ2n) is 4.42. The summed E-state index contributed by atoms with van der Waals surface area (Å²) in [7, 11) is 1.96. The van der Waals surface area contributed by atoms with Crippen molar-refractivity contribution in [3.8, 4) is 5.88 Å². The van der Waals surface area contributed by atoms with Gasteiger partial charge in [0.15, 0.2) is 0 Å². The zero-order valence-corrected chi connectivity index (χ0v) is 11.9. The van der Waals surface area contributed by atoms with Crippen molar-refractivity contribution < 1.29 is 4.74 Å². The second-order valence-corrected chi connectivity index (χ2v) is 4.42. The van der Waals surface area contributed by atoms with Crippen molar-refractivity contribution in [3.05, 3.63) is 35.2 Å². The van der Waals surface area contributed by atoms with E-state index in [0.29, 0.717) is 19.0 Å².